The van der Waals surface area contributed by atoms with E-state index in [1.807, 2.05) is 35.2 Å². The van der Waals surface area contributed by atoms with E-state index >= 15 is 0 Å². The molecule has 1 aromatic carbocycles. The number of ether oxygens (including phenoxy) is 2. The Morgan fingerprint density at radius 1 is 1.21 bits per heavy atom. The minimum atomic E-state index is -0.907. The molecule has 24 heavy (non-hydrogen) atoms. The Morgan fingerprint density at radius 3 is 2.58 bits per heavy atom. The highest BCUT2D eigenvalue weighted by Gasteiger charge is 2.36. The van der Waals surface area contributed by atoms with E-state index in [2.05, 4.69) is 0 Å². The van der Waals surface area contributed by atoms with Crippen LogP contribution in [0.15, 0.2) is 30.3 Å². The number of carboxylic acid groups (broad SMARTS) is 1. The third kappa shape index (κ3) is 4.04. The molecule has 0 aliphatic carbocycles. The van der Waals surface area contributed by atoms with Gasteiger partial charge in [-0.15, -0.1) is 0 Å². The molecule has 2 saturated heterocycles. The second kappa shape index (κ2) is 7.63. The van der Waals surface area contributed by atoms with Gasteiger partial charge in [0, 0.05) is 25.6 Å². The van der Waals surface area contributed by atoms with Gasteiger partial charge in [-0.2, -0.15) is 0 Å². The molecule has 2 heterocycles. The average molecular weight is 334 g/mol. The predicted molar refractivity (Wildman–Crippen MR) is 85.5 cm³/mol. The third-order valence-electron chi connectivity index (χ3n) is 4.44. The van der Waals surface area contributed by atoms with E-state index in [0.717, 1.165) is 5.56 Å². The van der Waals surface area contributed by atoms with Crippen molar-refractivity contribution < 1.29 is 24.2 Å². The van der Waals surface area contributed by atoms with Crippen molar-refractivity contribution in [3.8, 4) is 0 Å². The number of carboxylic acids is 1. The maximum absolute atomic E-state index is 12.2. The number of carbonyl (C=O) groups excluding carboxylic acids is 1. The monoisotopic (exact) mass is 334 g/mol. The molecular formula is C17H22N2O5. The van der Waals surface area contributed by atoms with Crippen molar-refractivity contribution in [2.45, 2.75) is 12.6 Å². The second-order valence-electron chi connectivity index (χ2n) is 6.24. The average Bonchev–Trinajstić information content (AvgIpc) is 2.56. The van der Waals surface area contributed by atoms with Crippen molar-refractivity contribution in [2.75, 3.05) is 39.4 Å². The number of hydrogen-bond acceptors (Lipinski definition) is 5. The van der Waals surface area contributed by atoms with E-state index in [4.69, 9.17) is 9.47 Å². The number of carbonyl (C=O) groups is 2. The van der Waals surface area contributed by atoms with Crippen molar-refractivity contribution in [1.82, 2.24) is 9.80 Å². The van der Waals surface area contributed by atoms with E-state index in [1.54, 1.807) is 0 Å². The number of nitrogens with zero attached hydrogens (tertiary/aromatic N) is 2. The van der Waals surface area contributed by atoms with Crippen molar-refractivity contribution >= 4 is 12.1 Å². The van der Waals surface area contributed by atoms with Crippen molar-refractivity contribution in [1.29, 1.82) is 0 Å². The fraction of sp³-hybridized carbons (Fsp3) is 0.529. The molecule has 0 spiro atoms. The molecule has 1 N–H and O–H groups in total. The van der Waals surface area contributed by atoms with Crippen LogP contribution in [0, 0.1) is 5.92 Å². The highest BCUT2D eigenvalue weighted by molar-refractivity contribution is 5.76. The Labute approximate surface area is 140 Å². The van der Waals surface area contributed by atoms with Crippen LogP contribution in [0.4, 0.5) is 4.79 Å². The molecule has 7 nitrogen and oxygen atoms in total. The van der Waals surface area contributed by atoms with Gasteiger partial charge in [-0.05, 0) is 5.56 Å². The highest BCUT2D eigenvalue weighted by Crippen LogP contribution is 2.18. The lowest BCUT2D eigenvalue weighted by Gasteiger charge is -2.41. The summed E-state index contributed by atoms with van der Waals surface area (Å²) in [5.41, 5.74) is 0.907. The van der Waals surface area contributed by atoms with Crippen LogP contribution in [-0.4, -0.2) is 72.4 Å². The molecule has 130 valence electrons. The minimum absolute atomic E-state index is 0.149. The van der Waals surface area contributed by atoms with E-state index in [-0.39, 0.29) is 13.2 Å². The molecule has 2 aliphatic rings. The van der Waals surface area contributed by atoms with Crippen LogP contribution >= 0.6 is 0 Å². The zero-order valence-corrected chi connectivity index (χ0v) is 13.5. The van der Waals surface area contributed by atoms with Crippen LogP contribution in [0.2, 0.25) is 0 Å². The summed E-state index contributed by atoms with van der Waals surface area (Å²) in [6, 6.07) is 8.73. The molecular weight excluding hydrogens is 312 g/mol. The van der Waals surface area contributed by atoms with Gasteiger partial charge < -0.3 is 19.5 Å². The summed E-state index contributed by atoms with van der Waals surface area (Å²) in [4.78, 5) is 27.2. The first kappa shape index (κ1) is 16.7. The lowest BCUT2D eigenvalue weighted by molar-refractivity contribution is -0.147. The second-order valence-corrected chi connectivity index (χ2v) is 6.24. The number of piperazine rings is 1. The van der Waals surface area contributed by atoms with Gasteiger partial charge in [-0.1, -0.05) is 30.3 Å². The van der Waals surface area contributed by atoms with E-state index in [0.29, 0.717) is 38.8 Å². The first-order valence-corrected chi connectivity index (χ1v) is 8.13. The molecule has 1 amide bonds. The van der Waals surface area contributed by atoms with Crippen LogP contribution in [-0.2, 0) is 20.9 Å². The van der Waals surface area contributed by atoms with E-state index in [1.165, 1.54) is 4.90 Å². The lowest BCUT2D eigenvalue weighted by atomic mass is 10.0. The van der Waals surface area contributed by atoms with Gasteiger partial charge in [0.05, 0.1) is 19.8 Å². The molecule has 0 bridgehead atoms. The molecule has 2 aliphatic heterocycles. The Kier molecular flexibility index (Phi) is 5.32. The Bertz CT molecular complexity index is 576. The molecule has 2 fully saturated rings. The van der Waals surface area contributed by atoms with E-state index in [9.17, 15) is 14.7 Å². The first-order valence-electron chi connectivity index (χ1n) is 8.13. The maximum Gasteiger partial charge on any atom is 0.410 e. The van der Waals surface area contributed by atoms with Crippen LogP contribution in [0.5, 0.6) is 0 Å². The zero-order valence-electron chi connectivity index (χ0n) is 13.5. The largest absolute Gasteiger partial charge is 0.480 e. The summed E-state index contributed by atoms with van der Waals surface area (Å²) >= 11 is 0. The quantitative estimate of drug-likeness (QED) is 0.867. The van der Waals surface area contributed by atoms with Crippen LogP contribution in [0.3, 0.4) is 0 Å². The van der Waals surface area contributed by atoms with Crippen molar-refractivity contribution in [3.05, 3.63) is 35.9 Å². The fourth-order valence-corrected chi connectivity index (χ4v) is 2.97. The summed E-state index contributed by atoms with van der Waals surface area (Å²) in [5, 5.41) is 9.47. The van der Waals surface area contributed by atoms with Gasteiger partial charge in [0.1, 0.15) is 12.6 Å². The fourth-order valence-electron chi connectivity index (χ4n) is 2.97. The maximum atomic E-state index is 12.2. The number of benzene rings is 1. The Balaban J connectivity index is 1.53. The first-order chi connectivity index (χ1) is 11.6. The molecule has 0 saturated carbocycles. The van der Waals surface area contributed by atoms with Gasteiger partial charge in [-0.3, -0.25) is 9.69 Å². The normalized spacial score (nSPS) is 22.0. The Hall–Kier alpha value is -2.12. The zero-order chi connectivity index (χ0) is 16.9. The topological polar surface area (TPSA) is 79.3 Å². The summed E-state index contributed by atoms with van der Waals surface area (Å²) in [7, 11) is 0. The molecule has 3 rings (SSSR count). The smallest absolute Gasteiger partial charge is 0.410 e. The van der Waals surface area contributed by atoms with Gasteiger partial charge >= 0.3 is 12.1 Å². The number of amides is 1. The van der Waals surface area contributed by atoms with Gasteiger partial charge in [-0.25, -0.2) is 4.79 Å². The number of rotatable bonds is 5. The van der Waals surface area contributed by atoms with Crippen LogP contribution in [0.1, 0.15) is 5.56 Å². The summed E-state index contributed by atoms with van der Waals surface area (Å²) in [6.45, 7) is 3.42. The highest BCUT2D eigenvalue weighted by atomic mass is 16.6. The van der Waals surface area contributed by atoms with Crippen LogP contribution < -0.4 is 0 Å². The summed E-state index contributed by atoms with van der Waals surface area (Å²) in [6.07, 6.45) is -0.461. The minimum Gasteiger partial charge on any atom is -0.480 e. The van der Waals surface area contributed by atoms with Gasteiger partial charge in [0.2, 0.25) is 0 Å². The van der Waals surface area contributed by atoms with Crippen molar-refractivity contribution in [3.63, 3.8) is 0 Å². The molecule has 7 heteroatoms. The standard InChI is InChI=1S/C17H22N2O5/c20-16(21)15-9-19(7-6-18(15)8-14-10-23-11-14)17(22)24-12-13-4-2-1-3-5-13/h1-5,14-15H,6-12H2,(H,20,21)/t15-/m0/s1. The van der Waals surface area contributed by atoms with E-state index < -0.39 is 18.1 Å². The SMILES string of the molecule is O=C(O)[C@@H]1CN(C(=O)OCc2ccccc2)CCN1CC1COC1. The number of hydrogen-bond donors (Lipinski definition) is 1. The molecule has 0 aromatic heterocycles. The summed E-state index contributed by atoms with van der Waals surface area (Å²) < 4.78 is 10.4. The number of aliphatic carboxylic acids is 1. The third-order valence-corrected chi connectivity index (χ3v) is 4.44. The molecule has 1 atom stereocenters. The van der Waals surface area contributed by atoms with Crippen LogP contribution in [0.25, 0.3) is 0 Å². The van der Waals surface area contributed by atoms with Gasteiger partial charge in [0.25, 0.3) is 0 Å². The molecule has 0 unspecified atom stereocenters. The molecule has 1 aromatic rings. The van der Waals surface area contributed by atoms with Crippen molar-refractivity contribution in [2.24, 2.45) is 5.92 Å². The molecule has 0 radical (unpaired) electrons. The lowest BCUT2D eigenvalue weighted by Crippen LogP contribution is -2.59. The predicted octanol–water partition coefficient (Wildman–Crippen LogP) is 1.04. The summed E-state index contributed by atoms with van der Waals surface area (Å²) in [5.74, 6) is -0.515. The Morgan fingerprint density at radius 2 is 1.96 bits per heavy atom. The van der Waals surface area contributed by atoms with Gasteiger partial charge in [0.15, 0.2) is 0 Å².